The molecule has 1 amide bonds. The molecule has 1 aliphatic rings. The number of benzene rings is 1. The Hall–Kier alpha value is -2.18. The van der Waals surface area contributed by atoms with Crippen molar-refractivity contribution in [2.75, 3.05) is 32.7 Å². The number of para-hydroxylation sites is 1. The highest BCUT2D eigenvalue weighted by molar-refractivity contribution is 7.09. The van der Waals surface area contributed by atoms with Crippen LogP contribution in [0.4, 0.5) is 0 Å². The molecule has 138 valence electrons. The van der Waals surface area contributed by atoms with E-state index in [1.165, 1.54) is 0 Å². The molecule has 1 saturated heterocycles. The lowest BCUT2D eigenvalue weighted by molar-refractivity contribution is -0.127. The maximum Gasteiger partial charge on any atom is 0.246 e. The van der Waals surface area contributed by atoms with Gasteiger partial charge in [0, 0.05) is 43.2 Å². The topological polar surface area (TPSA) is 45.7 Å². The van der Waals surface area contributed by atoms with E-state index in [2.05, 4.69) is 16.8 Å². The second-order valence-corrected chi connectivity index (χ2v) is 7.34. The van der Waals surface area contributed by atoms with Gasteiger partial charge in [0.25, 0.3) is 0 Å². The zero-order valence-corrected chi connectivity index (χ0v) is 16.2. The van der Waals surface area contributed by atoms with E-state index in [-0.39, 0.29) is 5.91 Å². The van der Waals surface area contributed by atoms with E-state index in [0.29, 0.717) is 6.61 Å². The fraction of sp³-hybridized carbons (Fsp3) is 0.400. The summed E-state index contributed by atoms with van der Waals surface area (Å²) in [5, 5.41) is 3.04. The van der Waals surface area contributed by atoms with Gasteiger partial charge in [-0.25, -0.2) is 4.98 Å². The Morgan fingerprint density at radius 2 is 2.04 bits per heavy atom. The summed E-state index contributed by atoms with van der Waals surface area (Å²) in [6.45, 7) is 9.09. The van der Waals surface area contributed by atoms with Crippen molar-refractivity contribution in [2.24, 2.45) is 0 Å². The van der Waals surface area contributed by atoms with E-state index in [4.69, 9.17) is 4.74 Å². The monoisotopic (exact) mass is 371 g/mol. The second kappa shape index (κ2) is 8.96. The predicted octanol–water partition coefficient (Wildman–Crippen LogP) is 3.21. The number of likely N-dealkylation sites (N-methyl/N-ethyl adjacent to an activating group) is 1. The molecule has 1 aliphatic heterocycles. The van der Waals surface area contributed by atoms with E-state index in [1.807, 2.05) is 47.5 Å². The largest absolute Gasteiger partial charge is 0.487 e. The molecular weight excluding hydrogens is 346 g/mol. The number of hydrogen-bond donors (Lipinski definition) is 0. The Morgan fingerprint density at radius 3 is 2.73 bits per heavy atom. The maximum atomic E-state index is 12.4. The highest BCUT2D eigenvalue weighted by Gasteiger charge is 2.18. The van der Waals surface area contributed by atoms with E-state index >= 15 is 0 Å². The van der Waals surface area contributed by atoms with Crippen LogP contribution in [0.3, 0.4) is 0 Å². The molecule has 0 radical (unpaired) electrons. The van der Waals surface area contributed by atoms with Crippen molar-refractivity contribution in [1.82, 2.24) is 14.8 Å². The Balaban J connectivity index is 1.60. The van der Waals surface area contributed by atoms with Gasteiger partial charge in [0.2, 0.25) is 5.91 Å². The first kappa shape index (κ1) is 18.6. The number of carbonyl (C=O) groups excluding carboxylic acids is 1. The molecule has 6 heteroatoms. The molecule has 0 spiro atoms. The van der Waals surface area contributed by atoms with Crippen molar-refractivity contribution in [3.63, 3.8) is 0 Å². The van der Waals surface area contributed by atoms with Gasteiger partial charge in [-0.15, -0.1) is 11.3 Å². The van der Waals surface area contributed by atoms with Gasteiger partial charge in [-0.3, -0.25) is 4.79 Å². The van der Waals surface area contributed by atoms with Gasteiger partial charge in [0.15, 0.2) is 0 Å². The molecule has 1 aromatic heterocycles. The molecule has 0 bridgehead atoms. The number of hydrogen-bond acceptors (Lipinski definition) is 5. The fourth-order valence-electron chi connectivity index (χ4n) is 2.93. The van der Waals surface area contributed by atoms with Crippen LogP contribution in [-0.2, 0) is 11.4 Å². The van der Waals surface area contributed by atoms with Gasteiger partial charge in [0.1, 0.15) is 12.4 Å². The van der Waals surface area contributed by atoms with Crippen molar-refractivity contribution >= 4 is 23.3 Å². The molecule has 3 rings (SSSR count). The zero-order valence-electron chi connectivity index (χ0n) is 15.4. The highest BCUT2D eigenvalue weighted by Crippen LogP contribution is 2.21. The van der Waals surface area contributed by atoms with Gasteiger partial charge in [-0.05, 0) is 25.6 Å². The van der Waals surface area contributed by atoms with Gasteiger partial charge < -0.3 is 14.5 Å². The van der Waals surface area contributed by atoms with Crippen molar-refractivity contribution in [1.29, 1.82) is 0 Å². The number of amides is 1. The third-order valence-electron chi connectivity index (χ3n) is 4.50. The lowest BCUT2D eigenvalue weighted by Gasteiger charge is -2.33. The number of aromatic nitrogens is 1. The minimum atomic E-state index is 0.0608. The molecule has 0 unspecified atom stereocenters. The first-order valence-electron chi connectivity index (χ1n) is 8.98. The van der Waals surface area contributed by atoms with Crippen LogP contribution in [-0.4, -0.2) is 53.4 Å². The van der Waals surface area contributed by atoms with E-state index in [1.54, 1.807) is 17.4 Å². The number of thiazole rings is 1. The number of ether oxygens (including phenoxy) is 1. The molecule has 1 fully saturated rings. The zero-order chi connectivity index (χ0) is 18.4. The van der Waals surface area contributed by atoms with Crippen LogP contribution in [0, 0.1) is 6.92 Å². The Morgan fingerprint density at radius 1 is 1.27 bits per heavy atom. The van der Waals surface area contributed by atoms with E-state index in [0.717, 1.165) is 54.7 Å². The summed E-state index contributed by atoms with van der Waals surface area (Å²) in [6, 6.07) is 7.76. The van der Waals surface area contributed by atoms with Gasteiger partial charge >= 0.3 is 0 Å². The third kappa shape index (κ3) is 4.93. The lowest BCUT2D eigenvalue weighted by atomic mass is 10.2. The minimum absolute atomic E-state index is 0.0608. The molecule has 2 aromatic rings. The van der Waals surface area contributed by atoms with Gasteiger partial charge in [-0.2, -0.15) is 0 Å². The molecule has 0 aliphatic carbocycles. The number of piperazine rings is 1. The number of nitrogens with zero attached hydrogens (tertiary/aromatic N) is 3. The van der Waals surface area contributed by atoms with Crippen molar-refractivity contribution < 1.29 is 9.53 Å². The van der Waals surface area contributed by atoms with Crippen molar-refractivity contribution in [3.05, 3.63) is 52.0 Å². The van der Waals surface area contributed by atoms with Crippen LogP contribution in [0.1, 0.15) is 23.2 Å². The third-order valence-corrected chi connectivity index (χ3v) is 5.32. The smallest absolute Gasteiger partial charge is 0.246 e. The normalized spacial score (nSPS) is 15.5. The van der Waals surface area contributed by atoms with Crippen LogP contribution in [0.15, 0.2) is 35.7 Å². The number of carbonyl (C=O) groups is 1. The molecular formula is C20H25N3O2S. The summed E-state index contributed by atoms with van der Waals surface area (Å²) in [4.78, 5) is 21.1. The summed E-state index contributed by atoms with van der Waals surface area (Å²) in [7, 11) is 0. The van der Waals surface area contributed by atoms with Crippen LogP contribution in [0.25, 0.3) is 6.08 Å². The van der Waals surface area contributed by atoms with Crippen LogP contribution in [0.2, 0.25) is 0 Å². The summed E-state index contributed by atoms with van der Waals surface area (Å²) < 4.78 is 5.90. The standard InChI is InChI=1S/C20H25N3O2S/c1-3-22-10-12-23(13-11-22)20(24)9-8-17-6-4-5-7-19(17)25-14-18-15-26-16(2)21-18/h4-9,15H,3,10-14H2,1-2H3/b9-8+. The molecule has 26 heavy (non-hydrogen) atoms. The second-order valence-electron chi connectivity index (χ2n) is 6.28. The first-order chi connectivity index (χ1) is 12.7. The SMILES string of the molecule is CCN1CCN(C(=O)/C=C/c2ccccc2OCc2csc(C)n2)CC1. The summed E-state index contributed by atoms with van der Waals surface area (Å²) in [6.07, 6.45) is 3.49. The number of aryl methyl sites for hydroxylation is 1. The van der Waals surface area contributed by atoms with E-state index in [9.17, 15) is 4.79 Å². The quantitative estimate of drug-likeness (QED) is 0.732. The Labute approximate surface area is 158 Å². The van der Waals surface area contributed by atoms with E-state index < -0.39 is 0 Å². The fourth-order valence-corrected chi connectivity index (χ4v) is 3.52. The van der Waals surface area contributed by atoms with Crippen molar-refractivity contribution in [2.45, 2.75) is 20.5 Å². The Kier molecular flexibility index (Phi) is 6.41. The van der Waals surface area contributed by atoms with Gasteiger partial charge in [-0.1, -0.05) is 25.1 Å². The molecule has 0 atom stereocenters. The average molecular weight is 372 g/mol. The molecule has 5 nitrogen and oxygen atoms in total. The van der Waals surface area contributed by atoms with Gasteiger partial charge in [0.05, 0.1) is 10.7 Å². The maximum absolute atomic E-state index is 12.4. The summed E-state index contributed by atoms with van der Waals surface area (Å²) >= 11 is 1.62. The predicted molar refractivity (Wildman–Crippen MR) is 105 cm³/mol. The van der Waals surface area contributed by atoms with Crippen molar-refractivity contribution in [3.8, 4) is 5.75 Å². The highest BCUT2D eigenvalue weighted by atomic mass is 32.1. The molecule has 1 aromatic carbocycles. The van der Waals surface area contributed by atoms with Crippen LogP contribution in [0.5, 0.6) is 5.75 Å². The molecule has 2 heterocycles. The first-order valence-corrected chi connectivity index (χ1v) is 9.86. The molecule has 0 saturated carbocycles. The minimum Gasteiger partial charge on any atom is -0.487 e. The average Bonchev–Trinajstić information content (AvgIpc) is 3.10. The number of rotatable bonds is 6. The van der Waals surface area contributed by atoms with Crippen LogP contribution < -0.4 is 4.74 Å². The lowest BCUT2D eigenvalue weighted by Crippen LogP contribution is -2.48. The Bertz CT molecular complexity index is 764. The summed E-state index contributed by atoms with van der Waals surface area (Å²) in [5.41, 5.74) is 1.83. The summed E-state index contributed by atoms with van der Waals surface area (Å²) in [5.74, 6) is 0.823. The molecule has 0 N–H and O–H groups in total. The van der Waals surface area contributed by atoms with Crippen LogP contribution >= 0.6 is 11.3 Å².